The molecule has 0 aromatic heterocycles. The molecule has 1 aromatic rings. The Morgan fingerprint density at radius 2 is 2.00 bits per heavy atom. The Labute approximate surface area is 134 Å². The maximum absolute atomic E-state index is 3.51. The van der Waals surface area contributed by atoms with Gasteiger partial charge in [0.15, 0.2) is 0 Å². The van der Waals surface area contributed by atoms with E-state index in [9.17, 15) is 0 Å². The summed E-state index contributed by atoms with van der Waals surface area (Å²) >= 11 is 0. The average molecular weight is 296 g/mol. The standard InChI is InChI=1S/C19H26N3/c1-22-14-11-16(12-15-22)10-13-20-19-9-5-8-18(21-19)17-6-3-2-4-7-17/h2-8,16,18,20-21H,10-15H2,1H3. The summed E-state index contributed by atoms with van der Waals surface area (Å²) in [5, 5.41) is 7.02. The second-order valence-electron chi connectivity index (χ2n) is 6.37. The number of hydrogen-bond acceptors (Lipinski definition) is 3. The van der Waals surface area contributed by atoms with Gasteiger partial charge < -0.3 is 15.5 Å². The van der Waals surface area contributed by atoms with E-state index in [4.69, 9.17) is 0 Å². The third-order valence-corrected chi connectivity index (χ3v) is 4.67. The van der Waals surface area contributed by atoms with Crippen molar-refractivity contribution in [3.05, 3.63) is 59.9 Å². The van der Waals surface area contributed by atoms with Crippen LogP contribution < -0.4 is 10.6 Å². The predicted octanol–water partition coefficient (Wildman–Crippen LogP) is 2.85. The van der Waals surface area contributed by atoms with Gasteiger partial charge in [-0.1, -0.05) is 42.5 Å². The van der Waals surface area contributed by atoms with Gasteiger partial charge in [0.25, 0.3) is 0 Å². The minimum Gasteiger partial charge on any atom is -0.371 e. The molecule has 2 aliphatic heterocycles. The van der Waals surface area contributed by atoms with Crippen LogP contribution in [-0.2, 0) is 0 Å². The number of nitrogens with one attached hydrogen (secondary N) is 2. The molecule has 0 amide bonds. The van der Waals surface area contributed by atoms with E-state index >= 15 is 0 Å². The molecule has 1 unspecified atom stereocenters. The SMILES string of the molecule is CN1CCC(CCNC2=[C]C=CC(c3ccccc3)N2)CC1. The fourth-order valence-electron chi connectivity index (χ4n) is 3.18. The van der Waals surface area contributed by atoms with Gasteiger partial charge in [0.2, 0.25) is 0 Å². The number of dihydropyridines is 1. The van der Waals surface area contributed by atoms with Crippen molar-refractivity contribution in [1.82, 2.24) is 15.5 Å². The molecule has 1 saturated heterocycles. The van der Waals surface area contributed by atoms with E-state index in [1.54, 1.807) is 0 Å². The summed E-state index contributed by atoms with van der Waals surface area (Å²) in [7, 11) is 2.22. The first kappa shape index (κ1) is 15.2. The van der Waals surface area contributed by atoms with Crippen molar-refractivity contribution in [2.24, 2.45) is 5.92 Å². The van der Waals surface area contributed by atoms with E-state index in [2.05, 4.69) is 65.1 Å². The third-order valence-electron chi connectivity index (χ3n) is 4.67. The van der Waals surface area contributed by atoms with Gasteiger partial charge in [-0.15, -0.1) is 0 Å². The van der Waals surface area contributed by atoms with Crippen LogP contribution in [0, 0.1) is 12.0 Å². The highest BCUT2D eigenvalue weighted by Crippen LogP contribution is 2.20. The quantitative estimate of drug-likeness (QED) is 0.875. The summed E-state index contributed by atoms with van der Waals surface area (Å²) in [5.41, 5.74) is 1.29. The minimum absolute atomic E-state index is 0.244. The molecule has 3 rings (SSSR count). The second-order valence-corrected chi connectivity index (χ2v) is 6.37. The summed E-state index contributed by atoms with van der Waals surface area (Å²) in [4.78, 5) is 2.43. The zero-order valence-electron chi connectivity index (χ0n) is 13.4. The largest absolute Gasteiger partial charge is 0.371 e. The van der Waals surface area contributed by atoms with Crippen LogP contribution in [0.25, 0.3) is 0 Å². The van der Waals surface area contributed by atoms with Gasteiger partial charge in [0, 0.05) is 12.6 Å². The first-order valence-electron chi connectivity index (χ1n) is 8.35. The predicted molar refractivity (Wildman–Crippen MR) is 91.1 cm³/mol. The number of allylic oxidation sites excluding steroid dienone is 2. The fraction of sp³-hybridized carbons (Fsp3) is 0.474. The Hall–Kier alpha value is -1.74. The van der Waals surface area contributed by atoms with Crippen molar-refractivity contribution in [3.63, 3.8) is 0 Å². The molecule has 0 bridgehead atoms. The molecule has 3 nitrogen and oxygen atoms in total. The normalized spacial score (nSPS) is 23.0. The van der Waals surface area contributed by atoms with Gasteiger partial charge in [-0.3, -0.25) is 0 Å². The highest BCUT2D eigenvalue weighted by Gasteiger charge is 2.17. The average Bonchev–Trinajstić information content (AvgIpc) is 2.58. The van der Waals surface area contributed by atoms with Crippen LogP contribution >= 0.6 is 0 Å². The smallest absolute Gasteiger partial charge is 0.108 e. The van der Waals surface area contributed by atoms with Gasteiger partial charge in [0.1, 0.15) is 5.82 Å². The molecule has 2 aliphatic rings. The van der Waals surface area contributed by atoms with Crippen molar-refractivity contribution in [2.45, 2.75) is 25.3 Å². The van der Waals surface area contributed by atoms with Crippen molar-refractivity contribution in [2.75, 3.05) is 26.7 Å². The van der Waals surface area contributed by atoms with Crippen molar-refractivity contribution in [1.29, 1.82) is 0 Å². The zero-order valence-corrected chi connectivity index (χ0v) is 13.4. The van der Waals surface area contributed by atoms with E-state index in [0.29, 0.717) is 0 Å². The number of rotatable bonds is 5. The topological polar surface area (TPSA) is 27.3 Å². The van der Waals surface area contributed by atoms with Gasteiger partial charge >= 0.3 is 0 Å². The van der Waals surface area contributed by atoms with Crippen LogP contribution in [0.3, 0.4) is 0 Å². The maximum Gasteiger partial charge on any atom is 0.108 e. The van der Waals surface area contributed by atoms with Crippen LogP contribution in [0.4, 0.5) is 0 Å². The van der Waals surface area contributed by atoms with Gasteiger partial charge in [-0.05, 0) is 50.9 Å². The van der Waals surface area contributed by atoms with E-state index in [1.165, 1.54) is 37.9 Å². The summed E-state index contributed by atoms with van der Waals surface area (Å²) in [6.45, 7) is 3.52. The highest BCUT2D eigenvalue weighted by atomic mass is 15.1. The molecule has 1 radical (unpaired) electrons. The van der Waals surface area contributed by atoms with E-state index in [0.717, 1.165) is 18.3 Å². The van der Waals surface area contributed by atoms with Gasteiger partial charge in [-0.25, -0.2) is 0 Å². The molecule has 2 heterocycles. The fourth-order valence-corrected chi connectivity index (χ4v) is 3.18. The molecule has 3 heteroatoms. The number of hydrogen-bond donors (Lipinski definition) is 2. The Bertz CT molecular complexity index is 513. The molecule has 117 valence electrons. The number of likely N-dealkylation sites (tertiary alicyclic amines) is 1. The maximum atomic E-state index is 3.51. The Balaban J connectivity index is 1.43. The number of benzene rings is 1. The molecule has 22 heavy (non-hydrogen) atoms. The molecule has 2 N–H and O–H groups in total. The molecule has 0 aliphatic carbocycles. The lowest BCUT2D eigenvalue weighted by molar-refractivity contribution is 0.212. The summed E-state index contributed by atoms with van der Waals surface area (Å²) < 4.78 is 0. The number of piperidine rings is 1. The van der Waals surface area contributed by atoms with Crippen LogP contribution in [-0.4, -0.2) is 31.6 Å². The van der Waals surface area contributed by atoms with Crippen LogP contribution in [0.5, 0.6) is 0 Å². The summed E-state index contributed by atoms with van der Waals surface area (Å²) in [5.74, 6) is 1.89. The molecule has 0 saturated carbocycles. The lowest BCUT2D eigenvalue weighted by Gasteiger charge is -2.29. The lowest BCUT2D eigenvalue weighted by atomic mass is 9.94. The Morgan fingerprint density at radius 1 is 1.23 bits per heavy atom. The van der Waals surface area contributed by atoms with Gasteiger partial charge in [-0.2, -0.15) is 0 Å². The minimum atomic E-state index is 0.244. The van der Waals surface area contributed by atoms with Crippen LogP contribution in [0.1, 0.15) is 30.9 Å². The Morgan fingerprint density at radius 3 is 2.77 bits per heavy atom. The molecule has 1 fully saturated rings. The lowest BCUT2D eigenvalue weighted by Crippen LogP contribution is -2.34. The van der Waals surface area contributed by atoms with E-state index < -0.39 is 0 Å². The summed E-state index contributed by atoms with van der Waals surface area (Å²) in [6.07, 6.45) is 11.4. The molecular weight excluding hydrogens is 270 g/mol. The number of nitrogens with zero attached hydrogens (tertiary/aromatic N) is 1. The van der Waals surface area contributed by atoms with Crippen molar-refractivity contribution >= 4 is 0 Å². The molecule has 1 aromatic carbocycles. The Kier molecular flexibility index (Phi) is 5.17. The van der Waals surface area contributed by atoms with Gasteiger partial charge in [0.05, 0.1) is 6.04 Å². The molecule has 1 atom stereocenters. The second kappa shape index (κ2) is 7.50. The molecular formula is C19H26N3. The highest BCUT2D eigenvalue weighted by molar-refractivity contribution is 5.27. The third kappa shape index (κ3) is 4.14. The molecule has 0 spiro atoms. The van der Waals surface area contributed by atoms with E-state index in [1.807, 2.05) is 6.08 Å². The van der Waals surface area contributed by atoms with Crippen LogP contribution in [0.2, 0.25) is 0 Å². The first-order chi connectivity index (χ1) is 10.8. The van der Waals surface area contributed by atoms with Crippen molar-refractivity contribution < 1.29 is 0 Å². The first-order valence-corrected chi connectivity index (χ1v) is 8.35. The monoisotopic (exact) mass is 296 g/mol. The van der Waals surface area contributed by atoms with E-state index in [-0.39, 0.29) is 6.04 Å². The van der Waals surface area contributed by atoms with Crippen molar-refractivity contribution in [3.8, 4) is 0 Å². The zero-order chi connectivity index (χ0) is 15.2. The van der Waals surface area contributed by atoms with Crippen LogP contribution in [0.15, 0.2) is 48.3 Å². The summed E-state index contributed by atoms with van der Waals surface area (Å²) in [6, 6.07) is 10.8.